The van der Waals surface area contributed by atoms with E-state index in [0.29, 0.717) is 13.1 Å². The standard InChI is InChI=1S/C12H17NO4S2/c1-3-13(4-2)11(14)8-19(17)7-9-5-6-10(18-9)12(15)16/h5-6H,3-4,7-8H2,1-2H3,(H,15,16). The van der Waals surface area contributed by atoms with Gasteiger partial charge in [0.2, 0.25) is 5.91 Å². The number of nitrogens with zero attached hydrogens (tertiary/aromatic N) is 1. The molecule has 0 saturated carbocycles. The molecule has 0 fully saturated rings. The Kier molecular flexibility index (Phi) is 6.17. The van der Waals surface area contributed by atoms with E-state index in [2.05, 4.69) is 0 Å². The lowest BCUT2D eigenvalue weighted by molar-refractivity contribution is -0.128. The van der Waals surface area contributed by atoms with Gasteiger partial charge >= 0.3 is 5.97 Å². The SMILES string of the molecule is CCN(CC)C(=O)CS(=O)Cc1ccc(C(=O)O)s1. The summed E-state index contributed by atoms with van der Waals surface area (Å²) in [6.45, 7) is 4.97. The third-order valence-electron chi connectivity index (χ3n) is 2.58. The van der Waals surface area contributed by atoms with E-state index in [1.807, 2.05) is 13.8 Å². The van der Waals surface area contributed by atoms with Crippen molar-refractivity contribution in [3.05, 3.63) is 21.9 Å². The van der Waals surface area contributed by atoms with Crippen LogP contribution in [0.25, 0.3) is 0 Å². The number of thiophene rings is 1. The monoisotopic (exact) mass is 303 g/mol. The summed E-state index contributed by atoms with van der Waals surface area (Å²) in [5, 5.41) is 8.79. The van der Waals surface area contributed by atoms with E-state index in [1.165, 1.54) is 6.07 Å². The Morgan fingerprint density at radius 1 is 1.32 bits per heavy atom. The zero-order valence-electron chi connectivity index (χ0n) is 10.9. The van der Waals surface area contributed by atoms with Crippen LogP contribution in [0.1, 0.15) is 28.4 Å². The molecule has 0 saturated heterocycles. The van der Waals surface area contributed by atoms with Crippen molar-refractivity contribution in [3.8, 4) is 0 Å². The highest BCUT2D eigenvalue weighted by Crippen LogP contribution is 2.18. The predicted molar refractivity (Wildman–Crippen MR) is 75.9 cm³/mol. The van der Waals surface area contributed by atoms with E-state index in [-0.39, 0.29) is 22.3 Å². The summed E-state index contributed by atoms with van der Waals surface area (Å²) < 4.78 is 11.9. The first-order chi connectivity index (χ1) is 8.97. The third kappa shape index (κ3) is 4.76. The van der Waals surface area contributed by atoms with Crippen LogP contribution < -0.4 is 0 Å². The van der Waals surface area contributed by atoms with Gasteiger partial charge in [0.15, 0.2) is 0 Å². The topological polar surface area (TPSA) is 74.7 Å². The van der Waals surface area contributed by atoms with E-state index >= 15 is 0 Å². The zero-order valence-corrected chi connectivity index (χ0v) is 12.6. The van der Waals surface area contributed by atoms with Crippen molar-refractivity contribution in [3.63, 3.8) is 0 Å². The lowest BCUT2D eigenvalue weighted by atomic mass is 10.4. The largest absolute Gasteiger partial charge is 0.477 e. The van der Waals surface area contributed by atoms with Crippen LogP contribution in [0.15, 0.2) is 12.1 Å². The number of carboxylic acid groups (broad SMARTS) is 1. The summed E-state index contributed by atoms with van der Waals surface area (Å²) in [7, 11) is -1.30. The highest BCUT2D eigenvalue weighted by Gasteiger charge is 2.15. The van der Waals surface area contributed by atoms with Crippen molar-refractivity contribution in [2.24, 2.45) is 0 Å². The molecule has 0 aliphatic heterocycles. The molecule has 1 amide bonds. The summed E-state index contributed by atoms with van der Waals surface area (Å²) in [4.78, 5) is 25.1. The first kappa shape index (κ1) is 15.8. The summed E-state index contributed by atoms with van der Waals surface area (Å²) >= 11 is 1.10. The van der Waals surface area contributed by atoms with Crippen LogP contribution in [0.4, 0.5) is 0 Å². The second-order valence-corrected chi connectivity index (χ2v) is 6.49. The molecule has 0 radical (unpaired) electrons. The Morgan fingerprint density at radius 2 is 1.95 bits per heavy atom. The normalized spacial score (nSPS) is 12.1. The van der Waals surface area contributed by atoms with Gasteiger partial charge in [-0.1, -0.05) is 0 Å². The Morgan fingerprint density at radius 3 is 2.42 bits per heavy atom. The van der Waals surface area contributed by atoms with Gasteiger partial charge < -0.3 is 10.0 Å². The molecule has 1 rings (SSSR count). The molecule has 106 valence electrons. The third-order valence-corrected chi connectivity index (χ3v) is 5.03. The summed E-state index contributed by atoms with van der Waals surface area (Å²) in [5.41, 5.74) is 0. The fourth-order valence-electron chi connectivity index (χ4n) is 1.59. The molecule has 1 heterocycles. The minimum atomic E-state index is -1.30. The number of carboxylic acids is 1. The first-order valence-corrected chi connectivity index (χ1v) is 8.23. The van der Waals surface area contributed by atoms with E-state index < -0.39 is 16.8 Å². The van der Waals surface area contributed by atoms with E-state index in [9.17, 15) is 13.8 Å². The molecule has 0 spiro atoms. The average molecular weight is 303 g/mol. The van der Waals surface area contributed by atoms with Crippen LogP contribution >= 0.6 is 11.3 Å². The molecule has 1 aromatic heterocycles. The summed E-state index contributed by atoms with van der Waals surface area (Å²) in [6.07, 6.45) is 0. The second kappa shape index (κ2) is 7.40. The van der Waals surface area contributed by atoms with Crippen molar-refractivity contribution in [1.82, 2.24) is 4.90 Å². The fourth-order valence-corrected chi connectivity index (χ4v) is 3.83. The van der Waals surface area contributed by atoms with Crippen LogP contribution in [0.3, 0.4) is 0 Å². The molecule has 0 aliphatic carbocycles. The van der Waals surface area contributed by atoms with Gasteiger partial charge in [-0.25, -0.2) is 4.79 Å². The Hall–Kier alpha value is -1.21. The van der Waals surface area contributed by atoms with Gasteiger partial charge in [-0.05, 0) is 26.0 Å². The number of hydrogen-bond acceptors (Lipinski definition) is 4. The quantitative estimate of drug-likeness (QED) is 0.829. The number of hydrogen-bond donors (Lipinski definition) is 1. The van der Waals surface area contributed by atoms with Gasteiger partial charge in [-0.3, -0.25) is 9.00 Å². The lowest BCUT2D eigenvalue weighted by Crippen LogP contribution is -2.34. The maximum absolute atomic E-state index is 11.9. The molecule has 1 aromatic rings. The van der Waals surface area contributed by atoms with Crippen molar-refractivity contribution in [1.29, 1.82) is 0 Å². The maximum atomic E-state index is 11.9. The van der Waals surface area contributed by atoms with Gasteiger partial charge in [0.25, 0.3) is 0 Å². The minimum Gasteiger partial charge on any atom is -0.477 e. The molecule has 1 unspecified atom stereocenters. The Labute approximate surface area is 118 Å². The molecule has 7 heteroatoms. The fraction of sp³-hybridized carbons (Fsp3) is 0.500. The smallest absolute Gasteiger partial charge is 0.345 e. The molecule has 1 atom stereocenters. The van der Waals surface area contributed by atoms with Crippen LogP contribution in [0, 0.1) is 0 Å². The van der Waals surface area contributed by atoms with Crippen LogP contribution in [-0.4, -0.2) is 44.9 Å². The van der Waals surface area contributed by atoms with Crippen molar-refractivity contribution >= 4 is 34.0 Å². The van der Waals surface area contributed by atoms with Gasteiger partial charge in [0.05, 0.1) is 5.75 Å². The molecule has 5 nitrogen and oxygen atoms in total. The van der Waals surface area contributed by atoms with Crippen LogP contribution in [0.5, 0.6) is 0 Å². The average Bonchev–Trinajstić information content (AvgIpc) is 2.78. The molecule has 19 heavy (non-hydrogen) atoms. The molecular weight excluding hydrogens is 286 g/mol. The van der Waals surface area contributed by atoms with E-state index in [0.717, 1.165) is 16.2 Å². The van der Waals surface area contributed by atoms with Crippen molar-refractivity contribution < 1.29 is 18.9 Å². The second-order valence-electron chi connectivity index (χ2n) is 3.87. The minimum absolute atomic E-state index is 0.0119. The summed E-state index contributed by atoms with van der Waals surface area (Å²) in [5.74, 6) is -0.896. The van der Waals surface area contributed by atoms with Crippen molar-refractivity contribution in [2.75, 3.05) is 18.8 Å². The van der Waals surface area contributed by atoms with E-state index in [1.54, 1.807) is 11.0 Å². The van der Waals surface area contributed by atoms with Crippen LogP contribution in [-0.2, 0) is 21.3 Å². The number of amides is 1. The maximum Gasteiger partial charge on any atom is 0.345 e. The summed E-state index contributed by atoms with van der Waals surface area (Å²) in [6, 6.07) is 3.14. The van der Waals surface area contributed by atoms with Crippen molar-refractivity contribution in [2.45, 2.75) is 19.6 Å². The number of aromatic carboxylic acids is 1. The highest BCUT2D eigenvalue weighted by atomic mass is 32.2. The Bertz CT molecular complexity index is 480. The Balaban J connectivity index is 2.55. The zero-order chi connectivity index (χ0) is 14.4. The molecular formula is C12H17NO4S2. The van der Waals surface area contributed by atoms with Gasteiger partial charge in [0, 0.05) is 28.8 Å². The number of rotatable bonds is 7. The molecule has 0 bridgehead atoms. The number of carbonyl (C=O) groups is 2. The van der Waals surface area contributed by atoms with Gasteiger partial charge in [-0.15, -0.1) is 11.3 Å². The molecule has 0 aliphatic rings. The molecule has 1 N–H and O–H groups in total. The first-order valence-electron chi connectivity index (χ1n) is 5.92. The number of carbonyl (C=O) groups excluding carboxylic acids is 1. The van der Waals surface area contributed by atoms with E-state index in [4.69, 9.17) is 5.11 Å². The highest BCUT2D eigenvalue weighted by molar-refractivity contribution is 7.85. The lowest BCUT2D eigenvalue weighted by Gasteiger charge is -2.17. The molecule has 0 aromatic carbocycles. The van der Waals surface area contributed by atoms with Gasteiger partial charge in [-0.2, -0.15) is 0 Å². The van der Waals surface area contributed by atoms with Crippen LogP contribution in [0.2, 0.25) is 0 Å². The van der Waals surface area contributed by atoms with Gasteiger partial charge in [0.1, 0.15) is 10.6 Å². The predicted octanol–water partition coefficient (Wildman–Crippen LogP) is 1.56.